The molecule has 0 aromatic heterocycles. The molecule has 0 amide bonds. The number of nitrogens with zero attached hydrogens (tertiary/aromatic N) is 2. The molecule has 0 spiro atoms. The van der Waals surface area contributed by atoms with Crippen molar-refractivity contribution in [2.75, 3.05) is 32.8 Å². The number of nitrogens with two attached hydrogens (primary N) is 1. The maximum Gasteiger partial charge on any atom is 0.191 e. The topological polar surface area (TPSA) is 60.1 Å². The van der Waals surface area contributed by atoms with Gasteiger partial charge in [0.05, 0.1) is 19.8 Å². The third-order valence-electron chi connectivity index (χ3n) is 3.51. The molecule has 2 heterocycles. The van der Waals surface area contributed by atoms with E-state index in [0.29, 0.717) is 12.5 Å². The van der Waals surface area contributed by atoms with E-state index in [4.69, 9.17) is 15.2 Å². The maximum absolute atomic E-state index is 6.00. The molecule has 6 heteroatoms. The van der Waals surface area contributed by atoms with Crippen LogP contribution < -0.4 is 10.5 Å². The first-order valence-electron chi connectivity index (χ1n) is 6.70. The minimum Gasteiger partial charge on any atom is -0.488 e. The standard InChI is InChI=1S/C14H19N3O2.HI/c15-14(17-5-7-18-8-6-17)16-10-12-9-11-3-1-2-4-13(11)19-12;/h1-4,12H,5-10H2,(H2,15,16);1H. The highest BCUT2D eigenvalue weighted by molar-refractivity contribution is 14.0. The van der Waals surface area contributed by atoms with Crippen LogP contribution in [0, 0.1) is 0 Å². The second-order valence-corrected chi connectivity index (χ2v) is 4.85. The van der Waals surface area contributed by atoms with Gasteiger partial charge in [-0.05, 0) is 11.6 Å². The lowest BCUT2D eigenvalue weighted by Crippen LogP contribution is -2.45. The van der Waals surface area contributed by atoms with Crippen LogP contribution in [-0.2, 0) is 11.2 Å². The Morgan fingerprint density at radius 3 is 2.80 bits per heavy atom. The molecule has 3 rings (SSSR count). The van der Waals surface area contributed by atoms with Gasteiger partial charge in [-0.3, -0.25) is 0 Å². The largest absolute Gasteiger partial charge is 0.488 e. The van der Waals surface area contributed by atoms with Gasteiger partial charge in [-0.15, -0.1) is 24.0 Å². The van der Waals surface area contributed by atoms with Crippen molar-refractivity contribution in [1.82, 2.24) is 4.90 Å². The van der Waals surface area contributed by atoms with Crippen molar-refractivity contribution in [3.8, 4) is 5.75 Å². The number of hydrogen-bond acceptors (Lipinski definition) is 3. The molecule has 0 saturated carbocycles. The smallest absolute Gasteiger partial charge is 0.191 e. The zero-order valence-corrected chi connectivity index (χ0v) is 13.7. The van der Waals surface area contributed by atoms with Crippen LogP contribution in [0.15, 0.2) is 29.3 Å². The predicted octanol–water partition coefficient (Wildman–Crippen LogP) is 1.25. The zero-order valence-electron chi connectivity index (χ0n) is 11.3. The lowest BCUT2D eigenvalue weighted by Gasteiger charge is -2.27. The molecule has 1 unspecified atom stereocenters. The SMILES string of the molecule is I.NC(=NCC1Cc2ccccc2O1)N1CCOCC1. The Balaban J connectivity index is 0.00000147. The number of rotatable bonds is 2. The number of halogens is 1. The average molecular weight is 389 g/mol. The highest BCUT2D eigenvalue weighted by Crippen LogP contribution is 2.28. The van der Waals surface area contributed by atoms with Crippen molar-refractivity contribution < 1.29 is 9.47 Å². The maximum atomic E-state index is 6.00. The molecule has 0 radical (unpaired) electrons. The number of fused-ring (bicyclic) bond motifs is 1. The molecule has 5 nitrogen and oxygen atoms in total. The Kier molecular flexibility index (Phi) is 5.47. The highest BCUT2D eigenvalue weighted by Gasteiger charge is 2.22. The Morgan fingerprint density at radius 1 is 1.30 bits per heavy atom. The van der Waals surface area contributed by atoms with Gasteiger partial charge in [0, 0.05) is 19.5 Å². The average Bonchev–Trinajstić information content (AvgIpc) is 2.88. The number of hydrogen-bond donors (Lipinski definition) is 1. The van der Waals surface area contributed by atoms with E-state index >= 15 is 0 Å². The van der Waals surface area contributed by atoms with E-state index in [2.05, 4.69) is 16.0 Å². The molecular formula is C14H20IN3O2. The first kappa shape index (κ1) is 15.4. The van der Waals surface area contributed by atoms with Gasteiger partial charge in [0.1, 0.15) is 11.9 Å². The lowest BCUT2D eigenvalue weighted by molar-refractivity contribution is 0.0673. The molecule has 0 bridgehead atoms. The van der Waals surface area contributed by atoms with E-state index in [1.807, 2.05) is 18.2 Å². The summed E-state index contributed by atoms with van der Waals surface area (Å²) >= 11 is 0. The first-order valence-corrected chi connectivity index (χ1v) is 6.70. The van der Waals surface area contributed by atoms with Crippen molar-refractivity contribution in [3.63, 3.8) is 0 Å². The molecule has 1 aromatic carbocycles. The monoisotopic (exact) mass is 389 g/mol. The molecular weight excluding hydrogens is 369 g/mol. The number of benzene rings is 1. The second kappa shape index (κ2) is 7.12. The predicted molar refractivity (Wildman–Crippen MR) is 88.9 cm³/mol. The Morgan fingerprint density at radius 2 is 2.05 bits per heavy atom. The molecule has 2 N–H and O–H groups in total. The lowest BCUT2D eigenvalue weighted by atomic mass is 10.1. The zero-order chi connectivity index (χ0) is 13.1. The summed E-state index contributed by atoms with van der Waals surface area (Å²) in [5.41, 5.74) is 7.25. The molecule has 20 heavy (non-hydrogen) atoms. The van der Waals surface area contributed by atoms with Crippen LogP contribution in [-0.4, -0.2) is 49.8 Å². The third-order valence-corrected chi connectivity index (χ3v) is 3.51. The minimum absolute atomic E-state index is 0. The third kappa shape index (κ3) is 3.54. The Bertz CT molecular complexity index is 450. The summed E-state index contributed by atoms with van der Waals surface area (Å²) in [5, 5.41) is 0. The van der Waals surface area contributed by atoms with Crippen LogP contribution >= 0.6 is 24.0 Å². The van der Waals surface area contributed by atoms with E-state index in [0.717, 1.165) is 38.5 Å². The van der Waals surface area contributed by atoms with E-state index < -0.39 is 0 Å². The van der Waals surface area contributed by atoms with Crippen LogP contribution in [0.2, 0.25) is 0 Å². The van der Waals surface area contributed by atoms with Crippen LogP contribution in [0.4, 0.5) is 0 Å². The highest BCUT2D eigenvalue weighted by atomic mass is 127. The van der Waals surface area contributed by atoms with Gasteiger partial charge >= 0.3 is 0 Å². The Labute approximate surface area is 136 Å². The van der Waals surface area contributed by atoms with E-state index in [1.54, 1.807) is 0 Å². The van der Waals surface area contributed by atoms with E-state index in [9.17, 15) is 0 Å². The quantitative estimate of drug-likeness (QED) is 0.470. The number of aliphatic imine (C=N–C) groups is 1. The summed E-state index contributed by atoms with van der Waals surface area (Å²) < 4.78 is 11.1. The number of ether oxygens (including phenoxy) is 2. The number of para-hydroxylation sites is 1. The fourth-order valence-corrected chi connectivity index (χ4v) is 2.44. The molecule has 0 aliphatic carbocycles. The van der Waals surface area contributed by atoms with Crippen LogP contribution in [0.25, 0.3) is 0 Å². The molecule has 1 atom stereocenters. The van der Waals surface area contributed by atoms with Crippen molar-refractivity contribution in [3.05, 3.63) is 29.8 Å². The molecule has 2 aliphatic heterocycles. The van der Waals surface area contributed by atoms with Crippen LogP contribution in [0.3, 0.4) is 0 Å². The van der Waals surface area contributed by atoms with Crippen molar-refractivity contribution in [2.24, 2.45) is 10.7 Å². The summed E-state index contributed by atoms with van der Waals surface area (Å²) in [5.74, 6) is 1.58. The van der Waals surface area contributed by atoms with Crippen molar-refractivity contribution in [1.29, 1.82) is 0 Å². The number of guanidine groups is 1. The summed E-state index contributed by atoms with van der Waals surface area (Å²) in [4.78, 5) is 6.51. The normalized spacial score (nSPS) is 21.9. The van der Waals surface area contributed by atoms with Crippen molar-refractivity contribution in [2.45, 2.75) is 12.5 Å². The second-order valence-electron chi connectivity index (χ2n) is 4.85. The van der Waals surface area contributed by atoms with Gasteiger partial charge in [0.2, 0.25) is 0 Å². The molecule has 110 valence electrons. The fourth-order valence-electron chi connectivity index (χ4n) is 2.44. The summed E-state index contributed by atoms with van der Waals surface area (Å²) in [6.45, 7) is 3.70. The first-order chi connectivity index (χ1) is 9.33. The van der Waals surface area contributed by atoms with Gasteiger partial charge in [-0.1, -0.05) is 18.2 Å². The van der Waals surface area contributed by atoms with Crippen LogP contribution in [0.5, 0.6) is 5.75 Å². The molecule has 1 fully saturated rings. The van der Waals surface area contributed by atoms with Crippen molar-refractivity contribution >= 4 is 29.9 Å². The Hall–Kier alpha value is -1.02. The molecule has 1 aromatic rings. The van der Waals surface area contributed by atoms with Crippen LogP contribution in [0.1, 0.15) is 5.56 Å². The fraction of sp³-hybridized carbons (Fsp3) is 0.500. The molecule has 1 saturated heterocycles. The van der Waals surface area contributed by atoms with E-state index in [1.165, 1.54) is 5.56 Å². The number of morpholine rings is 1. The van der Waals surface area contributed by atoms with Gasteiger partial charge in [-0.2, -0.15) is 0 Å². The van der Waals surface area contributed by atoms with E-state index in [-0.39, 0.29) is 30.1 Å². The van der Waals surface area contributed by atoms with Gasteiger partial charge < -0.3 is 20.1 Å². The minimum atomic E-state index is 0. The summed E-state index contributed by atoms with van der Waals surface area (Å²) in [7, 11) is 0. The van der Waals surface area contributed by atoms with Gasteiger partial charge in [0.15, 0.2) is 5.96 Å². The van der Waals surface area contributed by atoms with Gasteiger partial charge in [-0.25, -0.2) is 4.99 Å². The molecule has 2 aliphatic rings. The van der Waals surface area contributed by atoms with Gasteiger partial charge in [0.25, 0.3) is 0 Å². The summed E-state index contributed by atoms with van der Waals surface area (Å²) in [6.07, 6.45) is 1.02. The summed E-state index contributed by atoms with van der Waals surface area (Å²) in [6, 6.07) is 8.14.